The summed E-state index contributed by atoms with van der Waals surface area (Å²) in [5.41, 5.74) is 1.17. The SMILES string of the molecule is C/C(=C\C(=O)O)CN1C(=O)c2ccccc2C1=O. The second kappa shape index (κ2) is 4.44. The summed E-state index contributed by atoms with van der Waals surface area (Å²) in [7, 11) is 0. The van der Waals surface area contributed by atoms with Crippen molar-refractivity contribution in [3.05, 3.63) is 47.0 Å². The number of amides is 2. The molecular formula is C13H11NO4. The van der Waals surface area contributed by atoms with Crippen molar-refractivity contribution in [3.8, 4) is 0 Å². The highest BCUT2D eigenvalue weighted by Gasteiger charge is 2.34. The molecule has 0 unspecified atom stereocenters. The molecule has 1 heterocycles. The van der Waals surface area contributed by atoms with E-state index in [1.807, 2.05) is 0 Å². The molecule has 2 amide bonds. The van der Waals surface area contributed by atoms with Gasteiger partial charge in [0, 0.05) is 6.08 Å². The summed E-state index contributed by atoms with van der Waals surface area (Å²) >= 11 is 0. The third-order valence-corrected chi connectivity index (χ3v) is 2.66. The van der Waals surface area contributed by atoms with Crippen molar-refractivity contribution in [1.29, 1.82) is 0 Å². The van der Waals surface area contributed by atoms with Gasteiger partial charge in [0.25, 0.3) is 11.8 Å². The van der Waals surface area contributed by atoms with Crippen LogP contribution in [0.3, 0.4) is 0 Å². The number of carboxylic acids is 1. The zero-order chi connectivity index (χ0) is 13.3. The fourth-order valence-corrected chi connectivity index (χ4v) is 1.89. The number of nitrogens with zero attached hydrogens (tertiary/aromatic N) is 1. The third kappa shape index (κ3) is 2.02. The fourth-order valence-electron chi connectivity index (χ4n) is 1.89. The van der Waals surface area contributed by atoms with Crippen LogP contribution in [0.5, 0.6) is 0 Å². The van der Waals surface area contributed by atoms with E-state index in [4.69, 9.17) is 5.11 Å². The predicted molar refractivity (Wildman–Crippen MR) is 63.2 cm³/mol. The van der Waals surface area contributed by atoms with Crippen molar-refractivity contribution < 1.29 is 19.5 Å². The summed E-state index contributed by atoms with van der Waals surface area (Å²) in [5.74, 6) is -1.86. The molecule has 1 aliphatic heterocycles. The van der Waals surface area contributed by atoms with E-state index in [-0.39, 0.29) is 18.4 Å². The van der Waals surface area contributed by atoms with Crippen LogP contribution in [0.15, 0.2) is 35.9 Å². The van der Waals surface area contributed by atoms with Gasteiger partial charge in [-0.1, -0.05) is 12.1 Å². The van der Waals surface area contributed by atoms with Crippen LogP contribution >= 0.6 is 0 Å². The largest absolute Gasteiger partial charge is 0.478 e. The number of aliphatic carboxylic acids is 1. The molecule has 5 heteroatoms. The Bertz CT molecular complexity index is 539. The maximum absolute atomic E-state index is 12.0. The molecule has 1 aliphatic rings. The number of carbonyl (C=O) groups excluding carboxylic acids is 2. The van der Waals surface area contributed by atoms with E-state index in [1.165, 1.54) is 0 Å². The summed E-state index contributed by atoms with van der Waals surface area (Å²) in [4.78, 5) is 35.5. The third-order valence-electron chi connectivity index (χ3n) is 2.66. The average molecular weight is 245 g/mol. The number of carbonyl (C=O) groups is 3. The summed E-state index contributed by atoms with van der Waals surface area (Å²) < 4.78 is 0. The molecule has 1 aromatic carbocycles. The van der Waals surface area contributed by atoms with Gasteiger partial charge in [0.1, 0.15) is 0 Å². The van der Waals surface area contributed by atoms with Crippen molar-refractivity contribution in [2.45, 2.75) is 6.92 Å². The second-order valence-electron chi connectivity index (χ2n) is 4.07. The van der Waals surface area contributed by atoms with Gasteiger partial charge in [-0.05, 0) is 24.6 Å². The lowest BCUT2D eigenvalue weighted by molar-refractivity contribution is -0.131. The van der Waals surface area contributed by atoms with Crippen LogP contribution in [0.1, 0.15) is 27.6 Å². The molecule has 1 N–H and O–H groups in total. The van der Waals surface area contributed by atoms with Crippen molar-refractivity contribution in [1.82, 2.24) is 4.90 Å². The maximum atomic E-state index is 12.0. The number of benzene rings is 1. The highest BCUT2D eigenvalue weighted by molar-refractivity contribution is 6.21. The number of imide groups is 1. The van der Waals surface area contributed by atoms with Crippen LogP contribution in [-0.2, 0) is 4.79 Å². The van der Waals surface area contributed by atoms with Crippen LogP contribution in [0.2, 0.25) is 0 Å². The van der Waals surface area contributed by atoms with Gasteiger partial charge in [-0.2, -0.15) is 0 Å². The van der Waals surface area contributed by atoms with E-state index in [9.17, 15) is 14.4 Å². The Morgan fingerprint density at radius 2 is 1.72 bits per heavy atom. The smallest absolute Gasteiger partial charge is 0.328 e. The van der Waals surface area contributed by atoms with Gasteiger partial charge in [0.2, 0.25) is 0 Å². The van der Waals surface area contributed by atoms with E-state index in [1.54, 1.807) is 31.2 Å². The Balaban J connectivity index is 2.27. The first-order chi connectivity index (χ1) is 8.50. The zero-order valence-electron chi connectivity index (χ0n) is 9.71. The van der Waals surface area contributed by atoms with Crippen LogP contribution in [0, 0.1) is 0 Å². The highest BCUT2D eigenvalue weighted by Crippen LogP contribution is 2.22. The standard InChI is InChI=1S/C13H11NO4/c1-8(6-11(15)16)7-14-12(17)9-4-2-3-5-10(9)13(14)18/h2-6H,7H2,1H3,(H,15,16)/b8-6+. The molecule has 0 aromatic heterocycles. The molecule has 0 atom stereocenters. The maximum Gasteiger partial charge on any atom is 0.328 e. The molecule has 0 spiro atoms. The normalized spacial score (nSPS) is 14.9. The number of hydrogen-bond donors (Lipinski definition) is 1. The number of fused-ring (bicyclic) bond motifs is 1. The van der Waals surface area contributed by atoms with E-state index in [0.717, 1.165) is 11.0 Å². The van der Waals surface area contributed by atoms with Crippen LogP contribution in [-0.4, -0.2) is 34.3 Å². The van der Waals surface area contributed by atoms with Crippen molar-refractivity contribution >= 4 is 17.8 Å². The Hall–Kier alpha value is -2.43. The minimum atomic E-state index is -1.09. The summed E-state index contributed by atoms with van der Waals surface area (Å²) in [5, 5.41) is 8.60. The first-order valence-electron chi connectivity index (χ1n) is 5.36. The summed E-state index contributed by atoms with van der Waals surface area (Å²) in [6.45, 7) is 1.57. The van der Waals surface area contributed by atoms with E-state index in [0.29, 0.717) is 16.7 Å². The molecule has 1 aromatic rings. The van der Waals surface area contributed by atoms with Crippen molar-refractivity contribution in [2.75, 3.05) is 6.54 Å². The Morgan fingerprint density at radius 3 is 2.17 bits per heavy atom. The van der Waals surface area contributed by atoms with Crippen LogP contribution in [0.25, 0.3) is 0 Å². The molecule has 5 nitrogen and oxygen atoms in total. The second-order valence-corrected chi connectivity index (χ2v) is 4.07. The molecular weight excluding hydrogens is 234 g/mol. The van der Waals surface area contributed by atoms with Gasteiger partial charge in [0.05, 0.1) is 17.7 Å². The molecule has 0 saturated carbocycles. The zero-order valence-corrected chi connectivity index (χ0v) is 9.71. The molecule has 0 bridgehead atoms. The van der Waals surface area contributed by atoms with E-state index >= 15 is 0 Å². The van der Waals surface area contributed by atoms with Crippen molar-refractivity contribution in [3.63, 3.8) is 0 Å². The number of hydrogen-bond acceptors (Lipinski definition) is 3. The van der Waals surface area contributed by atoms with Crippen LogP contribution < -0.4 is 0 Å². The Labute approximate surface area is 103 Å². The molecule has 92 valence electrons. The summed E-state index contributed by atoms with van der Waals surface area (Å²) in [6, 6.07) is 6.55. The van der Waals surface area contributed by atoms with Gasteiger partial charge >= 0.3 is 5.97 Å². The van der Waals surface area contributed by atoms with Gasteiger partial charge in [-0.15, -0.1) is 0 Å². The predicted octanol–water partition coefficient (Wildman–Crippen LogP) is 1.31. The molecule has 0 aliphatic carbocycles. The first kappa shape index (κ1) is 12.0. The molecule has 0 saturated heterocycles. The van der Waals surface area contributed by atoms with Gasteiger partial charge < -0.3 is 5.11 Å². The fraction of sp³-hybridized carbons (Fsp3) is 0.154. The Kier molecular flexibility index (Phi) is 2.97. The van der Waals surface area contributed by atoms with E-state index in [2.05, 4.69) is 0 Å². The lowest BCUT2D eigenvalue weighted by atomic mass is 10.1. The molecule has 0 fully saturated rings. The monoisotopic (exact) mass is 245 g/mol. The Morgan fingerprint density at radius 1 is 1.22 bits per heavy atom. The minimum absolute atomic E-state index is 0.00134. The first-order valence-corrected chi connectivity index (χ1v) is 5.36. The molecule has 2 rings (SSSR count). The highest BCUT2D eigenvalue weighted by atomic mass is 16.4. The minimum Gasteiger partial charge on any atom is -0.478 e. The van der Waals surface area contributed by atoms with Crippen LogP contribution in [0.4, 0.5) is 0 Å². The lowest BCUT2D eigenvalue weighted by Gasteiger charge is -2.13. The number of rotatable bonds is 3. The van der Waals surface area contributed by atoms with E-state index < -0.39 is 5.97 Å². The van der Waals surface area contributed by atoms with Crippen molar-refractivity contribution in [2.24, 2.45) is 0 Å². The summed E-state index contributed by atoms with van der Waals surface area (Å²) in [6.07, 6.45) is 0.990. The van der Waals surface area contributed by atoms with Gasteiger partial charge in [-0.25, -0.2) is 4.79 Å². The van der Waals surface area contributed by atoms with Gasteiger partial charge in [0.15, 0.2) is 0 Å². The quantitative estimate of drug-likeness (QED) is 0.643. The number of carboxylic acid groups (broad SMARTS) is 1. The van der Waals surface area contributed by atoms with Gasteiger partial charge in [-0.3, -0.25) is 14.5 Å². The molecule has 0 radical (unpaired) electrons. The lowest BCUT2D eigenvalue weighted by Crippen LogP contribution is -2.31. The average Bonchev–Trinajstić information content (AvgIpc) is 2.54. The molecule has 18 heavy (non-hydrogen) atoms. The topological polar surface area (TPSA) is 74.7 Å².